The fourth-order valence-electron chi connectivity index (χ4n) is 1.67. The van der Waals surface area contributed by atoms with Gasteiger partial charge in [0.2, 0.25) is 5.88 Å². The van der Waals surface area contributed by atoms with Crippen molar-refractivity contribution in [3.8, 4) is 5.88 Å². The van der Waals surface area contributed by atoms with Crippen molar-refractivity contribution in [1.29, 1.82) is 0 Å². The van der Waals surface area contributed by atoms with Crippen molar-refractivity contribution < 1.29 is 40.6 Å². The number of alkyl halides is 6. The standard InChI is InChI=1S/C12H12F6N2O3/c1-2-22-9(21)4-6-3-7(11(13,14)15)8(5-19)20-10(6)23-12(16,17)18/h3H,2,4-5,19H2,1H3. The van der Waals surface area contributed by atoms with E-state index in [9.17, 15) is 31.1 Å². The van der Waals surface area contributed by atoms with Gasteiger partial charge < -0.3 is 15.2 Å². The second-order valence-electron chi connectivity index (χ2n) is 4.18. The summed E-state index contributed by atoms with van der Waals surface area (Å²) in [6.45, 7) is 0.583. The molecule has 0 fully saturated rings. The highest BCUT2D eigenvalue weighted by Gasteiger charge is 2.38. The lowest BCUT2D eigenvalue weighted by atomic mass is 10.1. The van der Waals surface area contributed by atoms with E-state index in [1.54, 1.807) is 0 Å². The topological polar surface area (TPSA) is 74.4 Å². The number of carbonyl (C=O) groups excluding carboxylic acids is 1. The van der Waals surface area contributed by atoms with Gasteiger partial charge in [-0.15, -0.1) is 13.2 Å². The lowest BCUT2D eigenvalue weighted by Crippen LogP contribution is -2.23. The van der Waals surface area contributed by atoms with Gasteiger partial charge >= 0.3 is 18.5 Å². The van der Waals surface area contributed by atoms with E-state index in [0.717, 1.165) is 0 Å². The fourth-order valence-corrected chi connectivity index (χ4v) is 1.67. The van der Waals surface area contributed by atoms with Crippen molar-refractivity contribution in [3.05, 3.63) is 22.9 Å². The Hall–Kier alpha value is -2.04. The van der Waals surface area contributed by atoms with E-state index >= 15 is 0 Å². The minimum atomic E-state index is -5.19. The number of hydrogen-bond acceptors (Lipinski definition) is 5. The van der Waals surface area contributed by atoms with Crippen molar-refractivity contribution in [2.75, 3.05) is 6.61 Å². The maximum Gasteiger partial charge on any atom is 0.574 e. The van der Waals surface area contributed by atoms with E-state index in [4.69, 9.17) is 5.73 Å². The Balaban J connectivity index is 3.38. The second-order valence-corrected chi connectivity index (χ2v) is 4.18. The quantitative estimate of drug-likeness (QED) is 0.655. The molecule has 1 heterocycles. The molecular formula is C12H12F6N2O3. The molecule has 0 saturated carbocycles. The van der Waals surface area contributed by atoms with Gasteiger partial charge in [0, 0.05) is 12.1 Å². The summed E-state index contributed by atoms with van der Waals surface area (Å²) < 4.78 is 83.8. The Bertz CT molecular complexity index is 571. The number of pyridine rings is 1. The molecule has 0 bridgehead atoms. The Morgan fingerprint density at radius 1 is 1.26 bits per heavy atom. The number of esters is 1. The van der Waals surface area contributed by atoms with Gasteiger partial charge in [0.05, 0.1) is 24.3 Å². The summed E-state index contributed by atoms with van der Waals surface area (Å²) in [6, 6.07) is 0.354. The van der Waals surface area contributed by atoms with Crippen LogP contribution in [0.3, 0.4) is 0 Å². The van der Waals surface area contributed by atoms with Crippen LogP contribution in [0.2, 0.25) is 0 Å². The van der Waals surface area contributed by atoms with Crippen LogP contribution >= 0.6 is 0 Å². The minimum Gasteiger partial charge on any atom is -0.466 e. The highest BCUT2D eigenvalue weighted by Crippen LogP contribution is 2.35. The SMILES string of the molecule is CCOC(=O)Cc1cc(C(F)(F)F)c(CN)nc1OC(F)(F)F. The molecule has 0 saturated heterocycles. The van der Waals surface area contributed by atoms with Crippen LogP contribution in [0.5, 0.6) is 5.88 Å². The molecule has 2 N–H and O–H groups in total. The lowest BCUT2D eigenvalue weighted by Gasteiger charge is -2.17. The maximum absolute atomic E-state index is 12.9. The Labute approximate surface area is 126 Å². The van der Waals surface area contributed by atoms with Crippen LogP contribution in [-0.2, 0) is 28.7 Å². The molecule has 130 valence electrons. The van der Waals surface area contributed by atoms with Crippen molar-refractivity contribution >= 4 is 5.97 Å². The Kier molecular flexibility index (Phi) is 5.81. The summed E-state index contributed by atoms with van der Waals surface area (Å²) in [6.07, 6.45) is -11.0. The van der Waals surface area contributed by atoms with Gasteiger partial charge in [-0.1, -0.05) is 0 Å². The van der Waals surface area contributed by atoms with E-state index in [-0.39, 0.29) is 6.61 Å². The molecule has 0 aromatic carbocycles. The minimum absolute atomic E-state index is 0.0886. The number of halogens is 6. The molecular weight excluding hydrogens is 334 g/mol. The zero-order chi connectivity index (χ0) is 17.8. The number of nitrogens with zero attached hydrogens (tertiary/aromatic N) is 1. The van der Waals surface area contributed by atoms with E-state index in [0.29, 0.717) is 6.07 Å². The van der Waals surface area contributed by atoms with Crippen LogP contribution in [0, 0.1) is 0 Å². The zero-order valence-electron chi connectivity index (χ0n) is 11.7. The van der Waals surface area contributed by atoms with Gasteiger partial charge in [-0.3, -0.25) is 4.79 Å². The molecule has 0 radical (unpaired) electrons. The zero-order valence-corrected chi connectivity index (χ0v) is 11.7. The molecule has 1 aromatic heterocycles. The molecule has 0 aliphatic heterocycles. The Morgan fingerprint density at radius 3 is 2.30 bits per heavy atom. The van der Waals surface area contributed by atoms with E-state index in [2.05, 4.69) is 14.5 Å². The van der Waals surface area contributed by atoms with Gasteiger partial charge in [0.15, 0.2) is 0 Å². The van der Waals surface area contributed by atoms with Gasteiger partial charge in [-0.2, -0.15) is 13.2 Å². The number of aromatic nitrogens is 1. The molecule has 1 rings (SSSR count). The first kappa shape index (κ1) is 19.0. The number of nitrogens with two attached hydrogens (primary N) is 1. The third-order valence-corrected chi connectivity index (χ3v) is 2.49. The largest absolute Gasteiger partial charge is 0.574 e. The Morgan fingerprint density at radius 2 is 1.87 bits per heavy atom. The van der Waals surface area contributed by atoms with E-state index in [1.165, 1.54) is 6.92 Å². The number of carbonyl (C=O) groups is 1. The monoisotopic (exact) mass is 346 g/mol. The first-order valence-corrected chi connectivity index (χ1v) is 6.19. The normalized spacial score (nSPS) is 12.2. The predicted molar refractivity (Wildman–Crippen MR) is 64.2 cm³/mol. The van der Waals surface area contributed by atoms with Crippen molar-refractivity contribution in [3.63, 3.8) is 0 Å². The van der Waals surface area contributed by atoms with Crippen LogP contribution < -0.4 is 10.5 Å². The number of hydrogen-bond donors (Lipinski definition) is 1. The number of ether oxygens (including phenoxy) is 2. The van der Waals surface area contributed by atoms with Crippen molar-refractivity contribution in [1.82, 2.24) is 4.98 Å². The maximum atomic E-state index is 12.9. The molecule has 0 atom stereocenters. The molecule has 11 heteroatoms. The highest BCUT2D eigenvalue weighted by atomic mass is 19.4. The average Bonchev–Trinajstić information content (AvgIpc) is 2.37. The van der Waals surface area contributed by atoms with Gasteiger partial charge in [0.25, 0.3) is 0 Å². The van der Waals surface area contributed by atoms with Crippen LogP contribution in [0.1, 0.15) is 23.7 Å². The first-order chi connectivity index (χ1) is 10.5. The van der Waals surface area contributed by atoms with E-state index < -0.39 is 54.2 Å². The summed E-state index contributed by atoms with van der Waals surface area (Å²) in [5.41, 5.74) is 2.22. The van der Waals surface area contributed by atoms with Crippen molar-refractivity contribution in [2.45, 2.75) is 32.4 Å². The van der Waals surface area contributed by atoms with Gasteiger partial charge in [-0.05, 0) is 13.0 Å². The van der Waals surface area contributed by atoms with Gasteiger partial charge in [-0.25, -0.2) is 4.98 Å². The lowest BCUT2D eigenvalue weighted by molar-refractivity contribution is -0.276. The molecule has 5 nitrogen and oxygen atoms in total. The molecule has 23 heavy (non-hydrogen) atoms. The summed E-state index contributed by atoms with van der Waals surface area (Å²) >= 11 is 0. The highest BCUT2D eigenvalue weighted by molar-refractivity contribution is 5.73. The van der Waals surface area contributed by atoms with Crippen LogP contribution in [-0.4, -0.2) is 23.9 Å². The summed E-state index contributed by atoms with van der Waals surface area (Å²) in [4.78, 5) is 14.5. The summed E-state index contributed by atoms with van der Waals surface area (Å²) in [5, 5.41) is 0. The fraction of sp³-hybridized carbons (Fsp3) is 0.500. The summed E-state index contributed by atoms with van der Waals surface area (Å²) in [5.74, 6) is -2.19. The molecule has 0 aliphatic rings. The molecule has 0 aliphatic carbocycles. The second kappa shape index (κ2) is 7.02. The molecule has 1 aromatic rings. The van der Waals surface area contributed by atoms with Crippen LogP contribution in [0.25, 0.3) is 0 Å². The van der Waals surface area contributed by atoms with Gasteiger partial charge in [0.1, 0.15) is 0 Å². The average molecular weight is 346 g/mol. The van der Waals surface area contributed by atoms with Crippen LogP contribution in [0.4, 0.5) is 26.3 Å². The smallest absolute Gasteiger partial charge is 0.466 e. The van der Waals surface area contributed by atoms with E-state index in [1.807, 2.05) is 0 Å². The van der Waals surface area contributed by atoms with Crippen LogP contribution in [0.15, 0.2) is 6.07 Å². The number of rotatable bonds is 5. The first-order valence-electron chi connectivity index (χ1n) is 6.19. The third kappa shape index (κ3) is 5.58. The molecule has 0 unspecified atom stereocenters. The van der Waals surface area contributed by atoms with Crippen molar-refractivity contribution in [2.24, 2.45) is 5.73 Å². The molecule has 0 spiro atoms. The molecule has 0 amide bonds. The summed E-state index contributed by atoms with van der Waals surface area (Å²) in [7, 11) is 0. The predicted octanol–water partition coefficient (Wildman–Crippen LogP) is 2.56. The third-order valence-electron chi connectivity index (χ3n) is 2.49.